The molecule has 1 aromatic carbocycles. The SMILES string of the molecule is O=C(/C(Br)=C/c1ccc(Cl)cc1)c1cccs1. The average molecular weight is 328 g/mol. The van der Waals surface area contributed by atoms with Gasteiger partial charge in [0.15, 0.2) is 0 Å². The molecule has 0 unspecified atom stereocenters. The molecule has 4 heteroatoms. The Hall–Kier alpha value is -0.900. The largest absolute Gasteiger partial charge is 0.287 e. The van der Waals surface area contributed by atoms with E-state index in [1.54, 1.807) is 18.2 Å². The van der Waals surface area contributed by atoms with Gasteiger partial charge in [-0.15, -0.1) is 11.3 Å². The Morgan fingerprint density at radius 2 is 1.94 bits per heavy atom. The maximum atomic E-state index is 11.9. The zero-order valence-corrected chi connectivity index (χ0v) is 11.8. The number of ketones is 1. The van der Waals surface area contributed by atoms with Crippen molar-refractivity contribution in [2.75, 3.05) is 0 Å². The Kier molecular flexibility index (Phi) is 4.15. The molecule has 0 fully saturated rings. The van der Waals surface area contributed by atoms with Crippen LogP contribution in [0.4, 0.5) is 0 Å². The van der Waals surface area contributed by atoms with Crippen LogP contribution in [0.2, 0.25) is 5.02 Å². The summed E-state index contributed by atoms with van der Waals surface area (Å²) in [6, 6.07) is 11.0. The predicted molar refractivity (Wildman–Crippen MR) is 77.0 cm³/mol. The molecule has 0 spiro atoms. The Morgan fingerprint density at radius 3 is 2.53 bits per heavy atom. The number of hydrogen-bond donors (Lipinski definition) is 0. The van der Waals surface area contributed by atoms with Crippen LogP contribution in [-0.4, -0.2) is 5.78 Å². The molecule has 0 saturated carbocycles. The second-order valence-electron chi connectivity index (χ2n) is 3.35. The summed E-state index contributed by atoms with van der Waals surface area (Å²) < 4.78 is 0.544. The molecule has 0 radical (unpaired) electrons. The third kappa shape index (κ3) is 3.28. The first-order chi connectivity index (χ1) is 8.16. The molecule has 86 valence electrons. The van der Waals surface area contributed by atoms with Gasteiger partial charge in [-0.2, -0.15) is 0 Å². The monoisotopic (exact) mass is 326 g/mol. The van der Waals surface area contributed by atoms with Crippen molar-refractivity contribution >= 4 is 50.7 Å². The van der Waals surface area contributed by atoms with E-state index in [9.17, 15) is 4.79 Å². The molecule has 1 aromatic heterocycles. The van der Waals surface area contributed by atoms with Crippen LogP contribution in [0.25, 0.3) is 6.08 Å². The number of benzene rings is 1. The van der Waals surface area contributed by atoms with Crippen LogP contribution >= 0.6 is 38.9 Å². The second kappa shape index (κ2) is 5.63. The standard InChI is InChI=1S/C13H8BrClOS/c14-11(13(16)12-2-1-7-17-12)8-9-3-5-10(15)6-4-9/h1-8H/b11-8-. The van der Waals surface area contributed by atoms with Gasteiger partial charge in [-0.3, -0.25) is 4.79 Å². The zero-order chi connectivity index (χ0) is 12.3. The van der Waals surface area contributed by atoms with E-state index in [-0.39, 0.29) is 5.78 Å². The van der Waals surface area contributed by atoms with Crippen molar-refractivity contribution in [1.29, 1.82) is 0 Å². The van der Waals surface area contributed by atoms with Crippen LogP contribution in [0.3, 0.4) is 0 Å². The fraction of sp³-hybridized carbons (Fsp3) is 0. The Balaban J connectivity index is 2.22. The van der Waals surface area contributed by atoms with Gasteiger partial charge in [0.1, 0.15) is 0 Å². The van der Waals surface area contributed by atoms with E-state index in [4.69, 9.17) is 11.6 Å². The number of Topliss-reactive ketones (excluding diaryl/α,β-unsaturated/α-hetero) is 1. The number of carbonyl (C=O) groups is 1. The van der Waals surface area contributed by atoms with Crippen molar-refractivity contribution in [1.82, 2.24) is 0 Å². The molecule has 1 heterocycles. The van der Waals surface area contributed by atoms with Crippen LogP contribution in [0.15, 0.2) is 46.3 Å². The van der Waals surface area contributed by atoms with Gasteiger partial charge in [0.05, 0.1) is 9.36 Å². The molecular formula is C13H8BrClOS. The van der Waals surface area contributed by atoms with Gasteiger partial charge in [-0.05, 0) is 51.1 Å². The molecule has 0 amide bonds. The van der Waals surface area contributed by atoms with Crippen molar-refractivity contribution in [3.05, 3.63) is 61.7 Å². The van der Waals surface area contributed by atoms with Gasteiger partial charge in [-0.1, -0.05) is 29.8 Å². The van der Waals surface area contributed by atoms with Gasteiger partial charge < -0.3 is 0 Å². The molecule has 0 bridgehead atoms. The molecule has 17 heavy (non-hydrogen) atoms. The summed E-state index contributed by atoms with van der Waals surface area (Å²) >= 11 is 10.5. The fourth-order valence-electron chi connectivity index (χ4n) is 1.30. The number of thiophene rings is 1. The molecule has 0 atom stereocenters. The summed E-state index contributed by atoms with van der Waals surface area (Å²) in [5, 5.41) is 2.57. The van der Waals surface area contributed by atoms with Gasteiger partial charge in [0, 0.05) is 5.02 Å². The molecule has 1 nitrogen and oxygen atoms in total. The Labute approximate surface area is 117 Å². The molecule has 0 aliphatic rings. The molecule has 0 N–H and O–H groups in total. The minimum Gasteiger partial charge on any atom is -0.287 e. The molecule has 0 aliphatic carbocycles. The molecule has 0 aliphatic heterocycles. The van der Waals surface area contributed by atoms with Crippen LogP contribution < -0.4 is 0 Å². The summed E-state index contributed by atoms with van der Waals surface area (Å²) in [6.45, 7) is 0. The smallest absolute Gasteiger partial charge is 0.209 e. The first-order valence-corrected chi connectivity index (χ1v) is 6.93. The quantitative estimate of drug-likeness (QED) is 0.571. The van der Waals surface area contributed by atoms with Crippen molar-refractivity contribution < 1.29 is 4.79 Å². The normalized spacial score (nSPS) is 11.5. The Morgan fingerprint density at radius 1 is 1.24 bits per heavy atom. The van der Waals surface area contributed by atoms with E-state index >= 15 is 0 Å². The first-order valence-electron chi connectivity index (χ1n) is 4.88. The number of rotatable bonds is 3. The van der Waals surface area contributed by atoms with Gasteiger partial charge in [-0.25, -0.2) is 0 Å². The topological polar surface area (TPSA) is 17.1 Å². The van der Waals surface area contributed by atoms with E-state index in [0.29, 0.717) is 9.51 Å². The van der Waals surface area contributed by atoms with Crippen molar-refractivity contribution in [2.45, 2.75) is 0 Å². The third-order valence-electron chi connectivity index (χ3n) is 2.13. The van der Waals surface area contributed by atoms with E-state index in [2.05, 4.69) is 15.9 Å². The summed E-state index contributed by atoms with van der Waals surface area (Å²) in [4.78, 5) is 12.7. The maximum Gasteiger partial charge on any atom is 0.209 e. The zero-order valence-electron chi connectivity index (χ0n) is 8.69. The molecule has 2 aromatic rings. The van der Waals surface area contributed by atoms with Gasteiger partial charge >= 0.3 is 0 Å². The number of allylic oxidation sites excluding steroid dienone is 1. The van der Waals surface area contributed by atoms with Crippen LogP contribution in [0, 0.1) is 0 Å². The predicted octanol–water partition coefficient (Wildman–Crippen LogP) is 5.02. The second-order valence-corrected chi connectivity index (χ2v) is 5.59. The minimum atomic E-state index is -0.00468. The highest BCUT2D eigenvalue weighted by molar-refractivity contribution is 9.12. The third-order valence-corrected chi connectivity index (χ3v) is 3.83. The number of halogens is 2. The van der Waals surface area contributed by atoms with Crippen molar-refractivity contribution in [3.8, 4) is 0 Å². The highest BCUT2D eigenvalue weighted by Gasteiger charge is 2.10. The van der Waals surface area contributed by atoms with Crippen LogP contribution in [0.1, 0.15) is 15.2 Å². The van der Waals surface area contributed by atoms with E-state index in [1.165, 1.54) is 11.3 Å². The molecule has 0 saturated heterocycles. The van der Waals surface area contributed by atoms with Crippen molar-refractivity contribution in [3.63, 3.8) is 0 Å². The summed E-state index contributed by atoms with van der Waals surface area (Å²) in [5.74, 6) is -0.00468. The van der Waals surface area contributed by atoms with E-state index < -0.39 is 0 Å². The summed E-state index contributed by atoms with van der Waals surface area (Å²) in [7, 11) is 0. The maximum absolute atomic E-state index is 11.9. The lowest BCUT2D eigenvalue weighted by Crippen LogP contribution is -1.94. The number of hydrogen-bond acceptors (Lipinski definition) is 2. The highest BCUT2D eigenvalue weighted by atomic mass is 79.9. The Bertz CT molecular complexity index is 543. The van der Waals surface area contributed by atoms with Crippen LogP contribution in [-0.2, 0) is 0 Å². The van der Waals surface area contributed by atoms with Crippen LogP contribution in [0.5, 0.6) is 0 Å². The molecular weight excluding hydrogens is 320 g/mol. The summed E-state index contributed by atoms with van der Waals surface area (Å²) in [5.41, 5.74) is 0.936. The molecule has 2 rings (SSSR count). The van der Waals surface area contributed by atoms with Gasteiger partial charge in [0.2, 0.25) is 5.78 Å². The number of carbonyl (C=O) groups excluding carboxylic acids is 1. The lowest BCUT2D eigenvalue weighted by atomic mass is 10.2. The highest BCUT2D eigenvalue weighted by Crippen LogP contribution is 2.21. The van der Waals surface area contributed by atoms with Gasteiger partial charge in [0.25, 0.3) is 0 Å². The lowest BCUT2D eigenvalue weighted by molar-refractivity contribution is 0.104. The average Bonchev–Trinajstić information content (AvgIpc) is 2.84. The van der Waals surface area contributed by atoms with E-state index in [0.717, 1.165) is 10.4 Å². The fourth-order valence-corrected chi connectivity index (χ4v) is 2.71. The van der Waals surface area contributed by atoms with Crippen molar-refractivity contribution in [2.24, 2.45) is 0 Å². The first kappa shape index (κ1) is 12.6. The minimum absolute atomic E-state index is 0.00468. The van der Waals surface area contributed by atoms with E-state index in [1.807, 2.05) is 29.6 Å². The summed E-state index contributed by atoms with van der Waals surface area (Å²) in [6.07, 6.45) is 1.79. The lowest BCUT2D eigenvalue weighted by Gasteiger charge is -1.97.